The summed E-state index contributed by atoms with van der Waals surface area (Å²) in [4.78, 5) is 0. The van der Waals surface area contributed by atoms with Crippen molar-refractivity contribution in [2.24, 2.45) is 0 Å². The van der Waals surface area contributed by atoms with Crippen LogP contribution < -0.4 is 0 Å². The number of hydrogen-bond acceptors (Lipinski definition) is 0. The van der Waals surface area contributed by atoms with E-state index < -0.39 is 0 Å². The molecule has 0 spiro atoms. The number of aryl methyl sites for hydroxylation is 1. The summed E-state index contributed by atoms with van der Waals surface area (Å²) < 4.78 is 0. The lowest BCUT2D eigenvalue weighted by Crippen LogP contribution is -2.15. The maximum Gasteiger partial charge on any atom is 0.0248 e. The molecular formula is C16H24. The Labute approximate surface area is 101 Å². The van der Waals surface area contributed by atoms with Crippen molar-refractivity contribution in [3.63, 3.8) is 0 Å². The number of terminal acetylenes is 1. The van der Waals surface area contributed by atoms with Crippen LogP contribution in [0.25, 0.3) is 0 Å². The molecule has 0 aliphatic rings. The third-order valence-electron chi connectivity index (χ3n) is 2.91. The van der Waals surface area contributed by atoms with Crippen molar-refractivity contribution in [2.75, 3.05) is 0 Å². The molecule has 88 valence electrons. The van der Waals surface area contributed by atoms with Gasteiger partial charge >= 0.3 is 0 Å². The van der Waals surface area contributed by atoms with Crippen LogP contribution in [0.3, 0.4) is 0 Å². The topological polar surface area (TPSA) is 0 Å². The van der Waals surface area contributed by atoms with E-state index in [1.54, 1.807) is 0 Å². The molecule has 0 aromatic heterocycles. The highest BCUT2D eigenvalue weighted by molar-refractivity contribution is 5.41. The van der Waals surface area contributed by atoms with E-state index in [2.05, 4.69) is 51.8 Å². The van der Waals surface area contributed by atoms with E-state index in [4.69, 9.17) is 6.42 Å². The molecule has 0 atom stereocenters. The Kier molecular flexibility index (Phi) is 5.89. The van der Waals surface area contributed by atoms with Crippen molar-refractivity contribution >= 4 is 0 Å². The lowest BCUT2D eigenvalue weighted by molar-refractivity contribution is 0.506. The van der Waals surface area contributed by atoms with Crippen molar-refractivity contribution < 1.29 is 0 Å². The number of rotatable bonds is 2. The van der Waals surface area contributed by atoms with Gasteiger partial charge in [-0.25, -0.2) is 0 Å². The van der Waals surface area contributed by atoms with Gasteiger partial charge in [0.25, 0.3) is 0 Å². The van der Waals surface area contributed by atoms with Gasteiger partial charge in [0.1, 0.15) is 0 Å². The van der Waals surface area contributed by atoms with Gasteiger partial charge in [0.2, 0.25) is 0 Å². The third kappa shape index (κ3) is 3.74. The summed E-state index contributed by atoms with van der Waals surface area (Å²) in [6, 6.07) is 6.40. The van der Waals surface area contributed by atoms with Crippen LogP contribution in [0.15, 0.2) is 18.2 Å². The van der Waals surface area contributed by atoms with Crippen LogP contribution in [0.1, 0.15) is 57.7 Å². The molecule has 0 bridgehead atoms. The Bertz CT molecular complexity index is 364. The second-order valence-electron chi connectivity index (χ2n) is 4.47. The first-order chi connectivity index (χ1) is 7.49. The largest absolute Gasteiger partial charge is 0.115 e. The average molecular weight is 216 g/mol. The van der Waals surface area contributed by atoms with E-state index >= 15 is 0 Å². The van der Waals surface area contributed by atoms with Crippen LogP contribution in [-0.2, 0) is 5.41 Å². The first-order valence-electron chi connectivity index (χ1n) is 6.08. The Morgan fingerprint density at radius 2 is 1.75 bits per heavy atom. The molecular weight excluding hydrogens is 192 g/mol. The molecule has 0 amide bonds. The van der Waals surface area contributed by atoms with Crippen molar-refractivity contribution in [1.29, 1.82) is 0 Å². The van der Waals surface area contributed by atoms with Crippen LogP contribution in [0.2, 0.25) is 0 Å². The molecule has 0 aliphatic heterocycles. The molecule has 0 radical (unpaired) electrons. The summed E-state index contributed by atoms with van der Waals surface area (Å²) in [6.07, 6.45) is 6.55. The second-order valence-corrected chi connectivity index (χ2v) is 4.47. The maximum absolute atomic E-state index is 5.42. The monoisotopic (exact) mass is 216 g/mol. The Balaban J connectivity index is 0.00000106. The third-order valence-corrected chi connectivity index (χ3v) is 2.91. The summed E-state index contributed by atoms with van der Waals surface area (Å²) in [5, 5.41) is 0. The normalized spacial score (nSPS) is 10.1. The highest BCUT2D eigenvalue weighted by Gasteiger charge is 2.18. The zero-order valence-electron chi connectivity index (χ0n) is 11.5. The molecule has 0 nitrogen and oxygen atoms in total. The molecule has 1 rings (SSSR count). The molecule has 0 unspecified atom stereocenters. The first-order valence-corrected chi connectivity index (χ1v) is 6.08. The number of benzene rings is 1. The molecule has 1 aromatic rings. The molecule has 0 N–H and O–H groups in total. The van der Waals surface area contributed by atoms with Gasteiger partial charge in [-0.1, -0.05) is 46.6 Å². The predicted octanol–water partition coefficient (Wildman–Crippen LogP) is 4.69. The van der Waals surface area contributed by atoms with Gasteiger partial charge < -0.3 is 0 Å². The quantitative estimate of drug-likeness (QED) is 0.629. The van der Waals surface area contributed by atoms with E-state index in [-0.39, 0.29) is 5.41 Å². The van der Waals surface area contributed by atoms with Gasteiger partial charge in [-0.3, -0.25) is 0 Å². The van der Waals surface area contributed by atoms with E-state index in [1.807, 2.05) is 13.8 Å². The molecule has 0 saturated heterocycles. The van der Waals surface area contributed by atoms with Crippen LogP contribution in [0.5, 0.6) is 0 Å². The van der Waals surface area contributed by atoms with E-state index in [0.29, 0.717) is 0 Å². The van der Waals surface area contributed by atoms with Gasteiger partial charge in [-0.15, -0.1) is 6.42 Å². The summed E-state index contributed by atoms with van der Waals surface area (Å²) in [6.45, 7) is 12.8. The molecule has 0 aliphatic carbocycles. The lowest BCUT2D eigenvalue weighted by atomic mass is 9.81. The van der Waals surface area contributed by atoms with Gasteiger partial charge in [0, 0.05) is 5.56 Å². The fourth-order valence-corrected chi connectivity index (χ4v) is 1.46. The zero-order valence-corrected chi connectivity index (χ0v) is 11.5. The van der Waals surface area contributed by atoms with Crippen molar-refractivity contribution in [3.8, 4) is 12.3 Å². The van der Waals surface area contributed by atoms with Gasteiger partial charge in [0.05, 0.1) is 0 Å². The zero-order chi connectivity index (χ0) is 12.8. The summed E-state index contributed by atoms with van der Waals surface area (Å²) >= 11 is 0. The van der Waals surface area contributed by atoms with Gasteiger partial charge in [-0.05, 0) is 42.0 Å². The highest BCUT2D eigenvalue weighted by Crippen LogP contribution is 2.28. The van der Waals surface area contributed by atoms with E-state index in [0.717, 1.165) is 12.0 Å². The predicted molar refractivity (Wildman–Crippen MR) is 73.8 cm³/mol. The minimum Gasteiger partial charge on any atom is -0.115 e. The van der Waals surface area contributed by atoms with Crippen LogP contribution in [0.4, 0.5) is 0 Å². The van der Waals surface area contributed by atoms with E-state index in [1.165, 1.54) is 11.1 Å². The van der Waals surface area contributed by atoms with Gasteiger partial charge in [-0.2, -0.15) is 0 Å². The Morgan fingerprint density at radius 3 is 2.19 bits per heavy atom. The van der Waals surface area contributed by atoms with Crippen molar-refractivity contribution in [3.05, 3.63) is 34.9 Å². The summed E-state index contributed by atoms with van der Waals surface area (Å²) in [7, 11) is 0. The minimum atomic E-state index is 0.220. The molecule has 0 heterocycles. The lowest BCUT2D eigenvalue weighted by Gasteiger charge is -2.24. The maximum atomic E-state index is 5.42. The van der Waals surface area contributed by atoms with Crippen molar-refractivity contribution in [1.82, 2.24) is 0 Å². The van der Waals surface area contributed by atoms with Crippen LogP contribution in [0, 0.1) is 19.3 Å². The molecule has 0 heteroatoms. The molecule has 16 heavy (non-hydrogen) atoms. The summed E-state index contributed by atoms with van der Waals surface area (Å²) in [5.74, 6) is 2.70. The fraction of sp³-hybridized carbons (Fsp3) is 0.500. The molecule has 0 fully saturated rings. The molecule has 1 aromatic carbocycles. The summed E-state index contributed by atoms with van der Waals surface area (Å²) in [5.41, 5.74) is 3.80. The standard InChI is InChI=1S/C14H18.C2H6/c1-6-12-8-11(3)9-13(10-12)14(4,5)7-2;1-2/h1,8-10H,7H2,2-5H3;1-2H3. The highest BCUT2D eigenvalue weighted by atomic mass is 14.2. The van der Waals surface area contributed by atoms with Crippen LogP contribution >= 0.6 is 0 Å². The first kappa shape index (κ1) is 14.8. The Morgan fingerprint density at radius 1 is 1.19 bits per heavy atom. The smallest absolute Gasteiger partial charge is 0.0248 e. The van der Waals surface area contributed by atoms with Crippen molar-refractivity contribution in [2.45, 2.75) is 53.4 Å². The Hall–Kier alpha value is -1.22. The van der Waals surface area contributed by atoms with Crippen LogP contribution in [-0.4, -0.2) is 0 Å². The second kappa shape index (κ2) is 6.38. The fourth-order valence-electron chi connectivity index (χ4n) is 1.46. The van der Waals surface area contributed by atoms with E-state index in [9.17, 15) is 0 Å². The average Bonchev–Trinajstić information content (AvgIpc) is 2.30. The number of hydrogen-bond donors (Lipinski definition) is 0. The minimum absolute atomic E-state index is 0.220. The molecule has 0 saturated carbocycles. The van der Waals surface area contributed by atoms with Gasteiger partial charge in [0.15, 0.2) is 0 Å². The SMILES string of the molecule is C#Cc1cc(C)cc(C(C)(C)CC)c1.CC.